The van der Waals surface area contributed by atoms with Gasteiger partial charge in [-0.25, -0.2) is 0 Å². The molecular formula is C27H26N2O5S. The normalized spacial score (nSPS) is 23.0. The van der Waals surface area contributed by atoms with Crippen molar-refractivity contribution in [3.63, 3.8) is 0 Å². The number of nitrogens with zero attached hydrogens (tertiary/aromatic N) is 2. The lowest BCUT2D eigenvalue weighted by Gasteiger charge is -2.36. The summed E-state index contributed by atoms with van der Waals surface area (Å²) in [5, 5.41) is 10.1. The zero-order valence-corrected chi connectivity index (χ0v) is 20.3. The second-order valence-electron chi connectivity index (χ2n) is 9.15. The van der Waals surface area contributed by atoms with E-state index < -0.39 is 27.4 Å². The van der Waals surface area contributed by atoms with Crippen LogP contribution in [-0.2, 0) is 24.5 Å². The van der Waals surface area contributed by atoms with E-state index in [2.05, 4.69) is 4.99 Å². The summed E-state index contributed by atoms with van der Waals surface area (Å²) >= 11 is 0. The number of allylic oxidation sites excluding steroid dienone is 2. The van der Waals surface area contributed by atoms with Gasteiger partial charge in [0.1, 0.15) is 5.92 Å². The SMILES string of the molecule is CCC(COS(=O)(=O)c1ccc(C)cc1)CC1=CC(C(=O)O)C2=Nc3ccccc3C23C=CN=C13. The molecule has 0 saturated heterocycles. The molecule has 0 aromatic heterocycles. The van der Waals surface area contributed by atoms with Crippen molar-refractivity contribution >= 4 is 33.2 Å². The van der Waals surface area contributed by atoms with Gasteiger partial charge in [0.25, 0.3) is 10.1 Å². The van der Waals surface area contributed by atoms with Crippen molar-refractivity contribution in [1.82, 2.24) is 0 Å². The molecule has 0 radical (unpaired) electrons. The van der Waals surface area contributed by atoms with Crippen LogP contribution in [0, 0.1) is 18.8 Å². The first kappa shape index (κ1) is 23.4. The fraction of sp³-hybridized carbons (Fsp3) is 0.296. The number of carbonyl (C=O) groups is 1. The van der Waals surface area contributed by atoms with Crippen molar-refractivity contribution in [2.45, 2.75) is 37.0 Å². The van der Waals surface area contributed by atoms with Crippen molar-refractivity contribution < 1.29 is 22.5 Å². The molecule has 2 aromatic rings. The minimum atomic E-state index is -3.90. The Kier molecular flexibility index (Phi) is 5.81. The van der Waals surface area contributed by atoms with Crippen LogP contribution in [0.4, 0.5) is 5.69 Å². The Morgan fingerprint density at radius 3 is 2.63 bits per heavy atom. The molecule has 1 spiro atoms. The van der Waals surface area contributed by atoms with Crippen LogP contribution >= 0.6 is 0 Å². The third-order valence-electron chi connectivity index (χ3n) is 6.96. The molecule has 0 amide bonds. The molecule has 2 aliphatic heterocycles. The maximum Gasteiger partial charge on any atom is 0.316 e. The second-order valence-corrected chi connectivity index (χ2v) is 10.8. The highest BCUT2D eigenvalue weighted by Gasteiger charge is 2.54. The number of fused-ring (bicyclic) bond motifs is 1. The average Bonchev–Trinajstić information content (AvgIpc) is 3.43. The Balaban J connectivity index is 1.43. The summed E-state index contributed by atoms with van der Waals surface area (Å²) in [6, 6.07) is 14.2. The predicted molar refractivity (Wildman–Crippen MR) is 134 cm³/mol. The number of benzene rings is 2. The monoisotopic (exact) mass is 490 g/mol. The van der Waals surface area contributed by atoms with Gasteiger partial charge in [-0.1, -0.05) is 55.3 Å². The highest BCUT2D eigenvalue weighted by atomic mass is 32.2. The van der Waals surface area contributed by atoms with Gasteiger partial charge < -0.3 is 5.11 Å². The first-order valence-corrected chi connectivity index (χ1v) is 13.0. The number of hydrogen-bond acceptors (Lipinski definition) is 6. The summed E-state index contributed by atoms with van der Waals surface area (Å²) in [5.41, 5.74) is 3.95. The second kappa shape index (κ2) is 8.70. The number of aliphatic carboxylic acids is 1. The molecule has 180 valence electrons. The first-order chi connectivity index (χ1) is 16.8. The highest BCUT2D eigenvalue weighted by Crippen LogP contribution is 2.51. The van der Waals surface area contributed by atoms with Gasteiger partial charge in [0, 0.05) is 6.20 Å². The van der Waals surface area contributed by atoms with Crippen molar-refractivity contribution in [2.75, 3.05) is 6.61 Å². The largest absolute Gasteiger partial charge is 0.481 e. The van der Waals surface area contributed by atoms with Crippen molar-refractivity contribution in [1.29, 1.82) is 0 Å². The fourth-order valence-electron chi connectivity index (χ4n) is 5.04. The number of carboxylic acid groups (broad SMARTS) is 1. The van der Waals surface area contributed by atoms with Crippen molar-refractivity contribution in [3.8, 4) is 0 Å². The minimum absolute atomic E-state index is 0.00691. The molecule has 5 rings (SSSR count). The molecule has 2 aromatic carbocycles. The maximum absolute atomic E-state index is 12.7. The molecule has 0 fully saturated rings. The fourth-order valence-corrected chi connectivity index (χ4v) is 6.02. The third-order valence-corrected chi connectivity index (χ3v) is 8.26. The summed E-state index contributed by atoms with van der Waals surface area (Å²) in [4.78, 5) is 21.8. The lowest BCUT2D eigenvalue weighted by atomic mass is 9.64. The summed E-state index contributed by atoms with van der Waals surface area (Å²) in [6.45, 7) is 3.85. The molecule has 3 atom stereocenters. The van der Waals surface area contributed by atoms with Gasteiger partial charge in [-0.05, 0) is 54.7 Å². The Labute approximate surface area is 204 Å². The smallest absolute Gasteiger partial charge is 0.316 e. The van der Waals surface area contributed by atoms with Crippen LogP contribution in [0.15, 0.2) is 87.3 Å². The molecule has 0 bridgehead atoms. The van der Waals surface area contributed by atoms with E-state index in [0.29, 0.717) is 18.6 Å². The number of hydrogen-bond donors (Lipinski definition) is 1. The van der Waals surface area contributed by atoms with Crippen LogP contribution in [0.5, 0.6) is 0 Å². The zero-order valence-electron chi connectivity index (χ0n) is 19.5. The van der Waals surface area contributed by atoms with Crippen LogP contribution < -0.4 is 0 Å². The standard InChI is InChI=1S/C27H26N2O5S/c1-3-18(16-34-35(32,33)20-10-8-17(2)9-11-20)14-19-15-21(26(30)31)25-27(12-13-28-24(19)27)22-6-4-5-7-23(22)29-25/h4-13,15,18,21H,3,14,16H2,1-2H3,(H,30,31). The van der Waals surface area contributed by atoms with Gasteiger partial charge in [0.05, 0.1) is 34.0 Å². The van der Waals surface area contributed by atoms with Crippen LogP contribution in [0.1, 0.15) is 30.9 Å². The minimum Gasteiger partial charge on any atom is -0.481 e. The molecule has 3 aliphatic rings. The molecule has 2 heterocycles. The van der Waals surface area contributed by atoms with Gasteiger partial charge in [0.2, 0.25) is 0 Å². The molecule has 3 unspecified atom stereocenters. The van der Waals surface area contributed by atoms with Gasteiger partial charge in [-0.15, -0.1) is 0 Å². The predicted octanol–water partition coefficient (Wildman–Crippen LogP) is 4.75. The van der Waals surface area contributed by atoms with Crippen molar-refractivity contribution in [3.05, 3.63) is 83.6 Å². The van der Waals surface area contributed by atoms with Gasteiger partial charge in [-0.2, -0.15) is 8.42 Å². The maximum atomic E-state index is 12.7. The van der Waals surface area contributed by atoms with Crippen LogP contribution in [0.3, 0.4) is 0 Å². The van der Waals surface area contributed by atoms with Gasteiger partial charge in [0.15, 0.2) is 0 Å². The van der Waals surface area contributed by atoms with E-state index in [-0.39, 0.29) is 17.4 Å². The van der Waals surface area contributed by atoms with E-state index in [4.69, 9.17) is 9.18 Å². The number of para-hydroxylation sites is 1. The molecular weight excluding hydrogens is 464 g/mol. The lowest BCUT2D eigenvalue weighted by molar-refractivity contribution is -0.138. The number of aliphatic imine (C=N–C) groups is 2. The topological polar surface area (TPSA) is 105 Å². The molecule has 8 heteroatoms. The molecule has 1 N–H and O–H groups in total. The van der Waals surface area contributed by atoms with E-state index in [1.165, 1.54) is 12.1 Å². The van der Waals surface area contributed by atoms with Crippen LogP contribution in [-0.4, -0.2) is 37.5 Å². The highest BCUT2D eigenvalue weighted by molar-refractivity contribution is 7.86. The van der Waals surface area contributed by atoms with E-state index in [1.54, 1.807) is 24.4 Å². The first-order valence-electron chi connectivity index (χ1n) is 11.6. The van der Waals surface area contributed by atoms with Crippen LogP contribution in [0.25, 0.3) is 0 Å². The summed E-state index contributed by atoms with van der Waals surface area (Å²) < 4.78 is 30.8. The Morgan fingerprint density at radius 1 is 1.17 bits per heavy atom. The number of carboxylic acids is 1. The number of aryl methyl sites for hydroxylation is 1. The average molecular weight is 491 g/mol. The van der Waals surface area contributed by atoms with Crippen LogP contribution in [0.2, 0.25) is 0 Å². The van der Waals surface area contributed by atoms with Gasteiger partial charge in [-0.3, -0.25) is 19.0 Å². The molecule has 35 heavy (non-hydrogen) atoms. The Morgan fingerprint density at radius 2 is 1.91 bits per heavy atom. The molecule has 0 saturated carbocycles. The van der Waals surface area contributed by atoms with E-state index in [1.807, 2.05) is 44.2 Å². The van der Waals surface area contributed by atoms with E-state index in [0.717, 1.165) is 28.1 Å². The molecule has 1 aliphatic carbocycles. The summed E-state index contributed by atoms with van der Waals surface area (Å²) in [6.07, 6.45) is 6.46. The van der Waals surface area contributed by atoms with Gasteiger partial charge >= 0.3 is 5.97 Å². The number of rotatable bonds is 8. The summed E-state index contributed by atoms with van der Waals surface area (Å²) in [7, 11) is -3.90. The molecule has 7 nitrogen and oxygen atoms in total. The van der Waals surface area contributed by atoms with E-state index in [9.17, 15) is 18.3 Å². The Bertz CT molecular complexity index is 1420. The van der Waals surface area contributed by atoms with Crippen molar-refractivity contribution in [2.24, 2.45) is 21.8 Å². The quantitative estimate of drug-likeness (QED) is 0.538. The van der Waals surface area contributed by atoms with E-state index >= 15 is 0 Å². The zero-order chi connectivity index (χ0) is 24.8. The lowest BCUT2D eigenvalue weighted by Crippen LogP contribution is -2.48. The Hall–Kier alpha value is -3.36. The summed E-state index contributed by atoms with van der Waals surface area (Å²) in [5.74, 6) is -2.01. The third kappa shape index (κ3) is 3.86.